The summed E-state index contributed by atoms with van der Waals surface area (Å²) in [4.78, 5) is 0. The van der Waals surface area contributed by atoms with Gasteiger partial charge in [0.15, 0.2) is 0 Å². The van der Waals surface area contributed by atoms with E-state index < -0.39 is 0 Å². The summed E-state index contributed by atoms with van der Waals surface area (Å²) in [5, 5.41) is 3.58. The van der Waals surface area contributed by atoms with Gasteiger partial charge in [-0.15, -0.1) is 0 Å². The van der Waals surface area contributed by atoms with Crippen LogP contribution in [0.4, 0.5) is 0 Å². The van der Waals surface area contributed by atoms with E-state index in [1.807, 2.05) is 0 Å². The van der Waals surface area contributed by atoms with Crippen molar-refractivity contribution in [1.82, 2.24) is 5.32 Å². The van der Waals surface area contributed by atoms with E-state index in [0.29, 0.717) is 5.41 Å². The zero-order valence-electron chi connectivity index (χ0n) is 9.97. The summed E-state index contributed by atoms with van der Waals surface area (Å²) < 4.78 is 11.6. The zero-order valence-corrected chi connectivity index (χ0v) is 9.97. The highest BCUT2D eigenvalue weighted by atomic mass is 16.6. The maximum atomic E-state index is 6.07. The molecule has 2 aliphatic rings. The fourth-order valence-electron chi connectivity index (χ4n) is 2.47. The lowest BCUT2D eigenvalue weighted by molar-refractivity contribution is -0.196. The minimum atomic E-state index is -0.161. The minimum absolute atomic E-state index is 0.161. The highest BCUT2D eigenvalue weighted by molar-refractivity contribution is 4.91. The van der Waals surface area contributed by atoms with Gasteiger partial charge < -0.3 is 9.47 Å². The highest BCUT2D eigenvalue weighted by Gasteiger charge is 2.42. The molecule has 0 amide bonds. The van der Waals surface area contributed by atoms with E-state index in [2.05, 4.69) is 19.2 Å². The molecule has 0 aliphatic carbocycles. The zero-order chi connectivity index (χ0) is 10.8. The van der Waals surface area contributed by atoms with Gasteiger partial charge in [-0.2, -0.15) is 0 Å². The molecule has 0 aromatic heterocycles. The monoisotopic (exact) mass is 213 g/mol. The van der Waals surface area contributed by atoms with Gasteiger partial charge >= 0.3 is 0 Å². The van der Waals surface area contributed by atoms with Crippen molar-refractivity contribution in [3.8, 4) is 0 Å². The molecule has 2 aliphatic heterocycles. The molecule has 88 valence electrons. The van der Waals surface area contributed by atoms with Crippen molar-refractivity contribution in [1.29, 1.82) is 0 Å². The van der Waals surface area contributed by atoms with Gasteiger partial charge in [-0.1, -0.05) is 13.8 Å². The van der Waals surface area contributed by atoms with Crippen LogP contribution in [-0.2, 0) is 9.47 Å². The summed E-state index contributed by atoms with van der Waals surface area (Å²) in [7, 11) is 0. The first kappa shape index (κ1) is 11.4. The molecule has 3 heteroatoms. The van der Waals surface area contributed by atoms with E-state index in [-0.39, 0.29) is 5.72 Å². The first-order valence-corrected chi connectivity index (χ1v) is 6.21. The lowest BCUT2D eigenvalue weighted by atomic mass is 9.81. The molecule has 0 saturated carbocycles. The Morgan fingerprint density at radius 2 is 2.00 bits per heavy atom. The molecule has 1 N–H and O–H groups in total. The fourth-order valence-corrected chi connectivity index (χ4v) is 2.47. The van der Waals surface area contributed by atoms with E-state index in [4.69, 9.17) is 9.47 Å². The highest BCUT2D eigenvalue weighted by Crippen LogP contribution is 2.34. The van der Waals surface area contributed by atoms with Crippen molar-refractivity contribution in [2.75, 3.05) is 26.4 Å². The molecule has 1 unspecified atom stereocenters. The van der Waals surface area contributed by atoms with Crippen molar-refractivity contribution < 1.29 is 9.47 Å². The number of rotatable bonds is 2. The average Bonchev–Trinajstić information content (AvgIpc) is 2.32. The molecule has 0 radical (unpaired) electrons. The van der Waals surface area contributed by atoms with Crippen molar-refractivity contribution in [2.24, 2.45) is 5.41 Å². The minimum Gasteiger partial charge on any atom is -0.377 e. The molecule has 0 aromatic rings. The molecule has 15 heavy (non-hydrogen) atoms. The Morgan fingerprint density at radius 3 is 2.47 bits per heavy atom. The van der Waals surface area contributed by atoms with Gasteiger partial charge in [0.05, 0.1) is 13.2 Å². The standard InChI is InChI=1S/C12H23NO2/c1-3-11(4-2)8-13-12(15-9-11)6-5-7-14-10-12/h13H,3-10H2,1-2H3. The molecule has 2 rings (SSSR count). The Morgan fingerprint density at radius 1 is 1.20 bits per heavy atom. The topological polar surface area (TPSA) is 30.5 Å². The Balaban J connectivity index is 1.95. The van der Waals surface area contributed by atoms with Crippen LogP contribution in [0.15, 0.2) is 0 Å². The van der Waals surface area contributed by atoms with Gasteiger partial charge in [-0.25, -0.2) is 0 Å². The lowest BCUT2D eigenvalue weighted by Gasteiger charge is -2.48. The van der Waals surface area contributed by atoms with Crippen LogP contribution in [-0.4, -0.2) is 32.1 Å². The third kappa shape index (κ3) is 2.19. The predicted molar refractivity (Wildman–Crippen MR) is 59.8 cm³/mol. The van der Waals surface area contributed by atoms with Crippen LogP contribution in [0.1, 0.15) is 39.5 Å². The number of nitrogens with one attached hydrogen (secondary N) is 1. The molecule has 2 heterocycles. The summed E-state index contributed by atoms with van der Waals surface area (Å²) in [6.45, 7) is 8.07. The summed E-state index contributed by atoms with van der Waals surface area (Å²) in [6, 6.07) is 0. The Bertz CT molecular complexity index is 196. The van der Waals surface area contributed by atoms with E-state index in [1.165, 1.54) is 12.8 Å². The maximum Gasteiger partial charge on any atom is 0.142 e. The SMILES string of the molecule is CCC1(CC)CNC2(CCCOC2)OC1. The second-order valence-electron chi connectivity index (χ2n) is 5.00. The van der Waals surface area contributed by atoms with Gasteiger partial charge in [0.1, 0.15) is 5.72 Å². The van der Waals surface area contributed by atoms with E-state index in [9.17, 15) is 0 Å². The van der Waals surface area contributed by atoms with Gasteiger partial charge in [0.2, 0.25) is 0 Å². The third-order valence-corrected chi connectivity index (χ3v) is 4.14. The summed E-state index contributed by atoms with van der Waals surface area (Å²) in [5.41, 5.74) is 0.189. The van der Waals surface area contributed by atoms with Crippen LogP contribution < -0.4 is 5.32 Å². The second-order valence-corrected chi connectivity index (χ2v) is 5.00. The van der Waals surface area contributed by atoms with E-state index >= 15 is 0 Å². The van der Waals surface area contributed by atoms with Crippen molar-refractivity contribution in [2.45, 2.75) is 45.3 Å². The van der Waals surface area contributed by atoms with Gasteiger partial charge in [-0.3, -0.25) is 5.32 Å². The first-order chi connectivity index (χ1) is 7.24. The molecule has 3 nitrogen and oxygen atoms in total. The van der Waals surface area contributed by atoms with Crippen LogP contribution in [0.2, 0.25) is 0 Å². The van der Waals surface area contributed by atoms with Crippen LogP contribution >= 0.6 is 0 Å². The summed E-state index contributed by atoms with van der Waals surface area (Å²) in [6.07, 6.45) is 4.58. The molecule has 1 spiro atoms. The molecule has 0 bridgehead atoms. The average molecular weight is 213 g/mol. The third-order valence-electron chi connectivity index (χ3n) is 4.14. The number of hydrogen-bond acceptors (Lipinski definition) is 3. The van der Waals surface area contributed by atoms with Crippen molar-refractivity contribution in [3.63, 3.8) is 0 Å². The Labute approximate surface area is 92.5 Å². The quantitative estimate of drug-likeness (QED) is 0.760. The largest absolute Gasteiger partial charge is 0.377 e. The lowest BCUT2D eigenvalue weighted by Crippen LogP contribution is -2.62. The van der Waals surface area contributed by atoms with Gasteiger partial charge in [0, 0.05) is 18.6 Å². The summed E-state index contributed by atoms with van der Waals surface area (Å²) >= 11 is 0. The molecule has 2 saturated heterocycles. The maximum absolute atomic E-state index is 6.07. The molecular formula is C12H23NO2. The Hall–Kier alpha value is -0.120. The summed E-state index contributed by atoms with van der Waals surface area (Å²) in [5.74, 6) is 0. The predicted octanol–water partition coefficient (Wildman–Crippen LogP) is 1.92. The number of ether oxygens (including phenoxy) is 2. The second kappa shape index (κ2) is 4.40. The van der Waals surface area contributed by atoms with Gasteiger partial charge in [-0.05, 0) is 25.7 Å². The van der Waals surface area contributed by atoms with Crippen molar-refractivity contribution >= 4 is 0 Å². The van der Waals surface area contributed by atoms with Gasteiger partial charge in [0.25, 0.3) is 0 Å². The number of hydrogen-bond donors (Lipinski definition) is 1. The molecule has 0 aromatic carbocycles. The van der Waals surface area contributed by atoms with E-state index in [1.54, 1.807) is 0 Å². The van der Waals surface area contributed by atoms with Crippen LogP contribution in [0.3, 0.4) is 0 Å². The van der Waals surface area contributed by atoms with Crippen molar-refractivity contribution in [3.05, 3.63) is 0 Å². The smallest absolute Gasteiger partial charge is 0.142 e. The molecule has 1 atom stereocenters. The Kier molecular flexibility index (Phi) is 3.33. The first-order valence-electron chi connectivity index (χ1n) is 6.21. The van der Waals surface area contributed by atoms with Crippen LogP contribution in [0.25, 0.3) is 0 Å². The normalized spacial score (nSPS) is 35.6. The fraction of sp³-hybridized carbons (Fsp3) is 1.00. The van der Waals surface area contributed by atoms with Crippen LogP contribution in [0, 0.1) is 5.41 Å². The molecule has 2 fully saturated rings. The van der Waals surface area contributed by atoms with Crippen LogP contribution in [0.5, 0.6) is 0 Å². The van der Waals surface area contributed by atoms with E-state index in [0.717, 1.165) is 39.2 Å². The molecular weight excluding hydrogens is 190 g/mol.